The monoisotopic (exact) mass is 808 g/mol. The quantitative estimate of drug-likeness (QED) is 0.247. The number of hydrogen-bond acceptors (Lipinski definition) is 12. The van der Waals surface area contributed by atoms with E-state index in [1.807, 2.05) is 30.2 Å². The standard InChI is InChI=1S/C41H43F3N12O3/c1-5-59-27-19-52(4)38(57)34-13-24(48-39-45-9-8-31(49-39)28-10-23(43)12-32-35(28)53(20-27)21(2)47-32)18-54(34)36-29-17-46-56(33-7-6-22(42)11-30(33)44)37(29)51-40(50-36)55-25-14-26(55)16-41(3,58)15-25/h6-12,17,24-27,34,58H,5,13-16,18-20H2,1-4H3,(H,45,48,49)/t24?,25-,26+,27-,34-,41?/m0/s1. The van der Waals surface area contributed by atoms with Gasteiger partial charge in [-0.25, -0.2) is 32.8 Å². The third-order valence-corrected chi connectivity index (χ3v) is 12.2. The molecule has 2 N–H and O–H groups in total. The molecule has 0 radical (unpaired) electrons. The van der Waals surface area contributed by atoms with Gasteiger partial charge >= 0.3 is 0 Å². The van der Waals surface area contributed by atoms with Gasteiger partial charge in [0, 0.05) is 68.8 Å². The molecule has 15 nitrogen and oxygen atoms in total. The van der Waals surface area contributed by atoms with Crippen LogP contribution in [0.4, 0.5) is 30.9 Å². The molecule has 10 rings (SSSR count). The molecule has 3 fully saturated rings. The van der Waals surface area contributed by atoms with Crippen LogP contribution in [-0.2, 0) is 16.1 Å². The van der Waals surface area contributed by atoms with Crippen LogP contribution >= 0.6 is 0 Å². The van der Waals surface area contributed by atoms with Crippen LogP contribution in [0.5, 0.6) is 0 Å². The second-order valence-electron chi connectivity index (χ2n) is 16.5. The Morgan fingerprint density at radius 2 is 1.80 bits per heavy atom. The molecule has 4 aliphatic rings. The van der Waals surface area contributed by atoms with E-state index < -0.39 is 35.2 Å². The van der Waals surface area contributed by atoms with E-state index in [9.17, 15) is 14.3 Å². The van der Waals surface area contributed by atoms with Gasteiger partial charge in [-0.05, 0) is 70.7 Å². The maximum atomic E-state index is 15.4. The topological polar surface area (TPSA) is 155 Å². The molecular weight excluding hydrogens is 766 g/mol. The fraction of sp³-hybridized carbons (Fsp3) is 0.439. The number of rotatable bonds is 5. The minimum absolute atomic E-state index is 0.00404. The van der Waals surface area contributed by atoms with E-state index in [0.29, 0.717) is 83.6 Å². The van der Waals surface area contributed by atoms with Gasteiger partial charge in [0.15, 0.2) is 11.5 Å². The number of ether oxygens (including phenoxy) is 1. The number of fused-ring (bicyclic) bond motifs is 8. The first-order valence-electron chi connectivity index (χ1n) is 20.0. The number of nitrogens with zero attached hydrogens (tertiary/aromatic N) is 11. The molecule has 2 aromatic carbocycles. The molecule has 306 valence electrons. The zero-order valence-corrected chi connectivity index (χ0v) is 33.0. The Kier molecular flexibility index (Phi) is 8.79. The molecule has 1 saturated carbocycles. The van der Waals surface area contributed by atoms with Gasteiger partial charge in [-0.3, -0.25) is 4.79 Å². The van der Waals surface area contributed by atoms with Crippen molar-refractivity contribution in [2.24, 2.45) is 0 Å². The zero-order chi connectivity index (χ0) is 40.9. The lowest BCUT2D eigenvalue weighted by Crippen LogP contribution is -2.65. The fourth-order valence-electron chi connectivity index (χ4n) is 9.73. The van der Waals surface area contributed by atoms with Gasteiger partial charge in [-0.15, -0.1) is 0 Å². The summed E-state index contributed by atoms with van der Waals surface area (Å²) in [4.78, 5) is 44.8. The van der Waals surface area contributed by atoms with Crippen molar-refractivity contribution in [3.05, 3.63) is 72.1 Å². The summed E-state index contributed by atoms with van der Waals surface area (Å²) in [6.07, 6.45) is 4.94. The van der Waals surface area contributed by atoms with E-state index in [0.717, 1.165) is 18.6 Å². The normalized spacial score (nSPS) is 25.6. The van der Waals surface area contributed by atoms with Crippen molar-refractivity contribution in [2.45, 2.75) is 88.9 Å². The highest BCUT2D eigenvalue weighted by molar-refractivity contribution is 5.94. The SMILES string of the molecule is CCO[C@H]1CN(C)C(=O)[C@@H]2CC(CN2c2nc(N3[C@@H]4C[C@H]3CC(C)(O)C4)nc3c2cnn3-c2ccc(F)cc2F)Nc2nccc(n2)-c2cc(F)cc3nc(C)n(c23)C1. The lowest BCUT2D eigenvalue weighted by Gasteiger charge is -2.57. The van der Waals surface area contributed by atoms with Crippen molar-refractivity contribution in [3.63, 3.8) is 0 Å². The van der Waals surface area contributed by atoms with Gasteiger partial charge in [-0.2, -0.15) is 15.1 Å². The molecule has 6 bridgehead atoms. The van der Waals surface area contributed by atoms with Gasteiger partial charge in [0.1, 0.15) is 35.0 Å². The first kappa shape index (κ1) is 37.4. The van der Waals surface area contributed by atoms with Gasteiger partial charge in [-0.1, -0.05) is 0 Å². The second-order valence-corrected chi connectivity index (χ2v) is 16.5. The Bertz CT molecular complexity index is 2640. The largest absolute Gasteiger partial charge is 0.390 e. The number of hydrogen-bond donors (Lipinski definition) is 2. The Hall–Kier alpha value is -5.88. The van der Waals surface area contributed by atoms with E-state index >= 15 is 8.78 Å². The first-order chi connectivity index (χ1) is 28.3. The second kappa shape index (κ2) is 13.9. The van der Waals surface area contributed by atoms with Crippen molar-refractivity contribution in [1.82, 2.24) is 44.2 Å². The van der Waals surface area contributed by atoms with Crippen molar-refractivity contribution < 1.29 is 27.8 Å². The highest BCUT2D eigenvalue weighted by atomic mass is 19.1. The van der Waals surface area contributed by atoms with E-state index in [4.69, 9.17) is 24.7 Å². The summed E-state index contributed by atoms with van der Waals surface area (Å²) in [5, 5.41) is 19.4. The molecule has 2 unspecified atom stereocenters. The molecular formula is C41H43F3N12O3. The molecule has 3 aliphatic heterocycles. The van der Waals surface area contributed by atoms with E-state index in [1.165, 1.54) is 22.9 Å². The zero-order valence-electron chi connectivity index (χ0n) is 33.0. The van der Waals surface area contributed by atoms with E-state index in [1.54, 1.807) is 30.4 Å². The summed E-state index contributed by atoms with van der Waals surface area (Å²) >= 11 is 0. The van der Waals surface area contributed by atoms with Crippen LogP contribution in [0.3, 0.4) is 0 Å². The number of carbonyl (C=O) groups excluding carboxylic acids is 1. The third kappa shape index (κ3) is 6.39. The summed E-state index contributed by atoms with van der Waals surface area (Å²) in [5.74, 6) is -0.423. The molecule has 1 amide bonds. The van der Waals surface area contributed by atoms with Crippen LogP contribution in [0.15, 0.2) is 48.8 Å². The number of benzene rings is 2. The van der Waals surface area contributed by atoms with Crippen LogP contribution in [0.1, 0.15) is 45.4 Å². The molecule has 18 heteroatoms. The van der Waals surface area contributed by atoms with Gasteiger partial charge in [0.05, 0.1) is 46.6 Å². The lowest BCUT2D eigenvalue weighted by molar-refractivity contribution is -0.133. The first-order valence-corrected chi connectivity index (χ1v) is 20.0. The molecule has 59 heavy (non-hydrogen) atoms. The van der Waals surface area contributed by atoms with E-state index in [2.05, 4.69) is 20.3 Å². The van der Waals surface area contributed by atoms with Crippen molar-refractivity contribution >= 4 is 45.7 Å². The Morgan fingerprint density at radius 3 is 2.58 bits per heavy atom. The van der Waals surface area contributed by atoms with Gasteiger partial charge in [0.2, 0.25) is 17.8 Å². The Morgan fingerprint density at radius 1 is 0.983 bits per heavy atom. The molecule has 1 aliphatic carbocycles. The summed E-state index contributed by atoms with van der Waals surface area (Å²) in [6.45, 7) is 6.84. The average molecular weight is 809 g/mol. The number of aromatic nitrogens is 8. The number of amides is 1. The smallest absolute Gasteiger partial charge is 0.245 e. The number of piperidine rings is 1. The summed E-state index contributed by atoms with van der Waals surface area (Å²) < 4.78 is 54.2. The summed E-state index contributed by atoms with van der Waals surface area (Å²) in [6, 6.07) is 6.70. The van der Waals surface area contributed by atoms with Crippen molar-refractivity contribution in [2.75, 3.05) is 41.9 Å². The van der Waals surface area contributed by atoms with E-state index in [-0.39, 0.29) is 48.5 Å². The fourth-order valence-corrected chi connectivity index (χ4v) is 9.73. The molecule has 6 atom stereocenters. The maximum absolute atomic E-state index is 15.4. The highest BCUT2D eigenvalue weighted by Gasteiger charge is 2.51. The number of aliphatic hydroxyl groups is 1. The number of aryl methyl sites for hydroxylation is 1. The Labute approximate surface area is 336 Å². The predicted molar refractivity (Wildman–Crippen MR) is 213 cm³/mol. The molecule has 7 heterocycles. The number of likely N-dealkylation sites (N-methyl/N-ethyl adjacent to an activating group) is 1. The predicted octanol–water partition coefficient (Wildman–Crippen LogP) is 4.78. The van der Waals surface area contributed by atoms with Gasteiger partial charge < -0.3 is 34.4 Å². The van der Waals surface area contributed by atoms with Crippen LogP contribution in [-0.4, -0.2) is 118 Å². The molecule has 4 aromatic heterocycles. The third-order valence-electron chi connectivity index (χ3n) is 12.2. The molecule has 2 saturated heterocycles. The van der Waals surface area contributed by atoms with Crippen LogP contribution < -0.4 is 15.1 Å². The number of halogens is 3. The van der Waals surface area contributed by atoms with Crippen LogP contribution in [0.2, 0.25) is 0 Å². The number of anilines is 3. The van der Waals surface area contributed by atoms with Crippen LogP contribution in [0, 0.1) is 24.4 Å². The minimum Gasteiger partial charge on any atom is -0.390 e. The lowest BCUT2D eigenvalue weighted by atomic mass is 9.72. The summed E-state index contributed by atoms with van der Waals surface area (Å²) in [7, 11) is 1.75. The van der Waals surface area contributed by atoms with Crippen molar-refractivity contribution in [3.8, 4) is 16.9 Å². The average Bonchev–Trinajstić information content (AvgIpc) is 3.88. The Balaban J connectivity index is 1.10. The minimum atomic E-state index is -0.829. The molecule has 6 aromatic rings. The van der Waals surface area contributed by atoms with Gasteiger partial charge in [0.25, 0.3) is 0 Å². The molecule has 0 spiro atoms. The number of imidazole rings is 1. The summed E-state index contributed by atoms with van der Waals surface area (Å²) in [5.41, 5.74) is 1.69. The number of carbonyl (C=O) groups is 1. The van der Waals surface area contributed by atoms with Crippen molar-refractivity contribution in [1.29, 1.82) is 0 Å². The maximum Gasteiger partial charge on any atom is 0.245 e. The highest BCUT2D eigenvalue weighted by Crippen LogP contribution is 2.46. The van der Waals surface area contributed by atoms with Crippen LogP contribution in [0.25, 0.3) is 39.0 Å². The number of nitrogens with one attached hydrogen (secondary N) is 1.